The van der Waals surface area contributed by atoms with Crippen LogP contribution >= 0.6 is 0 Å². The number of rotatable bonds is 6. The van der Waals surface area contributed by atoms with Gasteiger partial charge >= 0.3 is 0 Å². The van der Waals surface area contributed by atoms with Crippen LogP contribution in [0.2, 0.25) is 0 Å². The molecule has 0 N–H and O–H groups in total. The molecule has 3 heterocycles. The maximum Gasteiger partial charge on any atom is 0.160 e. The van der Waals surface area contributed by atoms with Gasteiger partial charge in [-0.2, -0.15) is 0 Å². The van der Waals surface area contributed by atoms with Gasteiger partial charge in [-0.1, -0.05) is 128 Å². The Morgan fingerprint density at radius 3 is 1.27 bits per heavy atom. The van der Waals surface area contributed by atoms with Crippen molar-refractivity contribution in [2.24, 2.45) is 0 Å². The molecule has 4 heteroatoms. The molecule has 7 aromatic carbocycles. The van der Waals surface area contributed by atoms with E-state index in [1.54, 1.807) is 0 Å². The van der Waals surface area contributed by atoms with Crippen LogP contribution in [0, 0.1) is 0 Å². The van der Waals surface area contributed by atoms with Gasteiger partial charge in [0.25, 0.3) is 0 Å². The molecule has 0 amide bonds. The fourth-order valence-corrected chi connectivity index (χ4v) is 7.69. The summed E-state index contributed by atoms with van der Waals surface area (Å²) in [5.41, 5.74) is 12.6. The molecule has 10 rings (SSSR count). The lowest BCUT2D eigenvalue weighted by Gasteiger charge is -2.13. The minimum atomic E-state index is 0.668. The molecule has 0 unspecified atom stereocenters. The lowest BCUT2D eigenvalue weighted by atomic mass is 10.0. The Kier molecular flexibility index (Phi) is 6.93. The first-order valence-electron chi connectivity index (χ1n) is 17.5. The molecule has 0 aliphatic rings. The van der Waals surface area contributed by atoms with E-state index in [-0.39, 0.29) is 0 Å². The molecule has 244 valence electrons. The topological polar surface area (TPSA) is 35.6 Å². The monoisotopic (exact) mass is 664 g/mol. The number of fused-ring (bicyclic) bond motifs is 6. The molecule has 10 aromatic rings. The molecule has 0 aliphatic carbocycles. The molecular formula is C48H32N4. The lowest BCUT2D eigenvalue weighted by molar-refractivity contribution is 1.15. The number of nitrogens with zero attached hydrogens (tertiary/aromatic N) is 4. The van der Waals surface area contributed by atoms with E-state index in [4.69, 9.17) is 9.97 Å². The minimum Gasteiger partial charge on any atom is -0.309 e. The van der Waals surface area contributed by atoms with Crippen LogP contribution in [0.4, 0.5) is 0 Å². The first-order chi connectivity index (χ1) is 25.7. The van der Waals surface area contributed by atoms with Crippen molar-refractivity contribution in [3.8, 4) is 45.3 Å². The third kappa shape index (κ3) is 4.84. The second-order valence-corrected chi connectivity index (χ2v) is 13.1. The summed E-state index contributed by atoms with van der Waals surface area (Å²) in [5, 5.41) is 4.93. The normalized spacial score (nSPS) is 11.5. The zero-order valence-electron chi connectivity index (χ0n) is 28.3. The Morgan fingerprint density at radius 1 is 0.385 bits per heavy atom. The largest absolute Gasteiger partial charge is 0.309 e. The molecule has 0 radical (unpaired) electrons. The van der Waals surface area contributed by atoms with E-state index < -0.39 is 0 Å². The van der Waals surface area contributed by atoms with Gasteiger partial charge in [0.15, 0.2) is 5.82 Å². The van der Waals surface area contributed by atoms with E-state index in [1.165, 1.54) is 43.6 Å². The Morgan fingerprint density at radius 2 is 0.788 bits per heavy atom. The van der Waals surface area contributed by atoms with Crippen LogP contribution in [0.3, 0.4) is 0 Å². The highest BCUT2D eigenvalue weighted by Gasteiger charge is 2.16. The highest BCUT2D eigenvalue weighted by atomic mass is 15.0. The molecule has 0 bridgehead atoms. The first-order valence-corrected chi connectivity index (χ1v) is 17.5. The van der Waals surface area contributed by atoms with E-state index in [9.17, 15) is 0 Å². The maximum absolute atomic E-state index is 5.29. The van der Waals surface area contributed by atoms with Crippen molar-refractivity contribution in [2.75, 3.05) is 0 Å². The molecule has 0 saturated heterocycles. The summed E-state index contributed by atoms with van der Waals surface area (Å²) in [6, 6.07) is 62.1. The number of hydrogen-bond donors (Lipinski definition) is 0. The van der Waals surface area contributed by atoms with Crippen molar-refractivity contribution < 1.29 is 0 Å². The summed E-state index contributed by atoms with van der Waals surface area (Å²) >= 11 is 0. The van der Waals surface area contributed by atoms with Crippen molar-refractivity contribution in [3.05, 3.63) is 188 Å². The first kappa shape index (κ1) is 29.8. The van der Waals surface area contributed by atoms with E-state index in [0.717, 1.165) is 45.0 Å². The van der Waals surface area contributed by atoms with E-state index in [1.807, 2.05) is 6.08 Å². The molecule has 52 heavy (non-hydrogen) atoms. The quantitative estimate of drug-likeness (QED) is 0.177. The SMILES string of the molecule is C=Cc1cccc(-c2cc(-c3cccc(-n4c5ccccc5c5ccccc54)c3)nc(-c3cccc(-n4c5ccccc5c5ccccc54)c3)n2)c1. The Balaban J connectivity index is 1.17. The third-order valence-corrected chi connectivity index (χ3v) is 10.1. The molecule has 3 aromatic heterocycles. The lowest BCUT2D eigenvalue weighted by Crippen LogP contribution is -1.99. The van der Waals surface area contributed by atoms with E-state index in [2.05, 4.69) is 192 Å². The zero-order valence-corrected chi connectivity index (χ0v) is 28.3. The molecule has 0 aliphatic heterocycles. The van der Waals surface area contributed by atoms with Crippen LogP contribution in [0.25, 0.3) is 95.0 Å². The third-order valence-electron chi connectivity index (χ3n) is 10.1. The standard InChI is InChI=1S/C48H32N4/c1-2-32-14-11-15-33(28-32)42-31-43(34-16-12-18-36(29-34)51-44-24-7-3-20-38(44)39-21-4-8-25-45(39)51)50-48(49-42)35-17-13-19-37(30-35)52-46-26-9-5-22-40(46)41-23-6-10-27-47(41)52/h2-31H,1H2. The van der Waals surface area contributed by atoms with Gasteiger partial charge in [0, 0.05) is 49.6 Å². The van der Waals surface area contributed by atoms with Gasteiger partial charge in [-0.25, -0.2) is 9.97 Å². The second kappa shape index (κ2) is 12.1. The molecule has 0 saturated carbocycles. The van der Waals surface area contributed by atoms with Crippen LogP contribution in [-0.4, -0.2) is 19.1 Å². The van der Waals surface area contributed by atoms with Crippen LogP contribution in [-0.2, 0) is 0 Å². The summed E-state index contributed by atoms with van der Waals surface area (Å²) in [6.45, 7) is 4.01. The van der Waals surface area contributed by atoms with Crippen molar-refractivity contribution in [2.45, 2.75) is 0 Å². The fraction of sp³-hybridized carbons (Fsp3) is 0. The average Bonchev–Trinajstić information content (AvgIpc) is 3.74. The van der Waals surface area contributed by atoms with Crippen LogP contribution in [0.15, 0.2) is 183 Å². The minimum absolute atomic E-state index is 0.668. The number of para-hydroxylation sites is 4. The van der Waals surface area contributed by atoms with Crippen molar-refractivity contribution in [1.82, 2.24) is 19.1 Å². The zero-order chi connectivity index (χ0) is 34.6. The summed E-state index contributed by atoms with van der Waals surface area (Å²) in [6.07, 6.45) is 1.87. The van der Waals surface area contributed by atoms with Gasteiger partial charge in [0.1, 0.15) is 0 Å². The summed E-state index contributed by atoms with van der Waals surface area (Å²) in [4.78, 5) is 10.5. The molecule has 0 atom stereocenters. The average molecular weight is 665 g/mol. The van der Waals surface area contributed by atoms with E-state index in [0.29, 0.717) is 5.82 Å². The number of aromatic nitrogens is 4. The Hall–Kier alpha value is -7.04. The molecular weight excluding hydrogens is 633 g/mol. The summed E-state index contributed by atoms with van der Waals surface area (Å²) in [7, 11) is 0. The van der Waals surface area contributed by atoms with Crippen molar-refractivity contribution in [3.63, 3.8) is 0 Å². The fourth-order valence-electron chi connectivity index (χ4n) is 7.69. The predicted molar refractivity (Wildman–Crippen MR) is 217 cm³/mol. The molecule has 0 spiro atoms. The van der Waals surface area contributed by atoms with Gasteiger partial charge in [0.2, 0.25) is 0 Å². The predicted octanol–water partition coefficient (Wildman–Crippen LogP) is 12.3. The molecule has 4 nitrogen and oxygen atoms in total. The smallest absolute Gasteiger partial charge is 0.160 e. The summed E-state index contributed by atoms with van der Waals surface area (Å²) in [5.74, 6) is 0.668. The maximum atomic E-state index is 5.29. The highest BCUT2D eigenvalue weighted by Crippen LogP contribution is 2.36. The van der Waals surface area contributed by atoms with Crippen molar-refractivity contribution in [1.29, 1.82) is 0 Å². The Bertz CT molecular complexity index is 2720. The van der Waals surface area contributed by atoms with Crippen LogP contribution in [0.5, 0.6) is 0 Å². The van der Waals surface area contributed by atoms with Gasteiger partial charge in [-0.3, -0.25) is 0 Å². The van der Waals surface area contributed by atoms with Crippen molar-refractivity contribution >= 4 is 49.7 Å². The number of hydrogen-bond acceptors (Lipinski definition) is 2. The van der Waals surface area contributed by atoms with Gasteiger partial charge < -0.3 is 9.13 Å². The van der Waals surface area contributed by atoms with Crippen LogP contribution in [0.1, 0.15) is 5.56 Å². The van der Waals surface area contributed by atoms with Gasteiger partial charge in [-0.15, -0.1) is 0 Å². The molecule has 0 fully saturated rings. The summed E-state index contributed by atoms with van der Waals surface area (Å²) < 4.78 is 4.68. The van der Waals surface area contributed by atoms with E-state index >= 15 is 0 Å². The van der Waals surface area contributed by atoms with Gasteiger partial charge in [0.05, 0.1) is 33.5 Å². The van der Waals surface area contributed by atoms with Crippen LogP contribution < -0.4 is 0 Å². The highest BCUT2D eigenvalue weighted by molar-refractivity contribution is 6.10. The van der Waals surface area contributed by atoms with Gasteiger partial charge in [-0.05, 0) is 66.2 Å². The Labute approximate surface area is 301 Å². The second-order valence-electron chi connectivity index (χ2n) is 13.1. The number of benzene rings is 7.